The van der Waals surface area contributed by atoms with Crippen molar-refractivity contribution in [3.63, 3.8) is 0 Å². The lowest BCUT2D eigenvalue weighted by Gasteiger charge is -2.37. The van der Waals surface area contributed by atoms with Gasteiger partial charge >= 0.3 is 0 Å². The van der Waals surface area contributed by atoms with E-state index >= 15 is 0 Å². The summed E-state index contributed by atoms with van der Waals surface area (Å²) < 4.78 is 5.53. The van der Waals surface area contributed by atoms with Crippen molar-refractivity contribution < 1.29 is 9.53 Å². The molecule has 0 spiro atoms. The molecule has 1 N–H and O–H groups in total. The topological polar surface area (TPSA) is 70.1 Å². The lowest BCUT2D eigenvalue weighted by Crippen LogP contribution is -2.55. The van der Waals surface area contributed by atoms with E-state index in [4.69, 9.17) is 9.72 Å². The van der Waals surface area contributed by atoms with Crippen LogP contribution in [0.3, 0.4) is 0 Å². The van der Waals surface area contributed by atoms with Gasteiger partial charge in [-0.15, -0.1) is 11.3 Å². The fourth-order valence-electron chi connectivity index (χ4n) is 3.35. The molecule has 1 amide bonds. The van der Waals surface area contributed by atoms with E-state index in [0.717, 1.165) is 42.6 Å². The average molecular weight is 394 g/mol. The largest absolute Gasteiger partial charge is 0.368 e. The molecule has 2 fully saturated rings. The summed E-state index contributed by atoms with van der Waals surface area (Å²) in [4.78, 5) is 25.7. The van der Waals surface area contributed by atoms with E-state index in [0.29, 0.717) is 26.2 Å². The second-order valence-electron chi connectivity index (χ2n) is 8.11. The fraction of sp³-hybridized carbons (Fsp3) is 0.737. The quantitative estimate of drug-likeness (QED) is 0.627. The van der Waals surface area contributed by atoms with Crippen LogP contribution in [0.5, 0.6) is 0 Å². The normalized spacial score (nSPS) is 21.6. The summed E-state index contributed by atoms with van der Waals surface area (Å²) in [5.41, 5.74) is 1.12. The van der Waals surface area contributed by atoms with Gasteiger partial charge in [-0.3, -0.25) is 9.79 Å². The molecule has 3 heterocycles. The van der Waals surface area contributed by atoms with E-state index in [1.807, 2.05) is 4.90 Å². The van der Waals surface area contributed by atoms with Crippen LogP contribution in [-0.2, 0) is 21.5 Å². The molecule has 2 saturated heterocycles. The first kappa shape index (κ1) is 20.1. The van der Waals surface area contributed by atoms with Gasteiger partial charge in [-0.2, -0.15) is 0 Å². The summed E-state index contributed by atoms with van der Waals surface area (Å²) in [5.74, 6) is 1.01. The van der Waals surface area contributed by atoms with Gasteiger partial charge < -0.3 is 19.9 Å². The van der Waals surface area contributed by atoms with Crippen LogP contribution in [-0.4, -0.2) is 72.6 Å². The van der Waals surface area contributed by atoms with Crippen molar-refractivity contribution in [2.24, 2.45) is 4.99 Å². The van der Waals surface area contributed by atoms with Crippen molar-refractivity contribution in [1.29, 1.82) is 0 Å². The average Bonchev–Trinajstić information content (AvgIpc) is 3.34. The molecule has 150 valence electrons. The van der Waals surface area contributed by atoms with Crippen LogP contribution in [0.4, 0.5) is 0 Å². The summed E-state index contributed by atoms with van der Waals surface area (Å²) in [5, 5.41) is 6.67. The van der Waals surface area contributed by atoms with Crippen molar-refractivity contribution in [3.8, 4) is 0 Å². The molecule has 2 aliphatic heterocycles. The van der Waals surface area contributed by atoms with E-state index in [-0.39, 0.29) is 17.4 Å². The number of carbonyl (C=O) groups excluding carboxylic acids is 1. The Morgan fingerprint density at radius 3 is 2.59 bits per heavy atom. The number of nitrogens with zero attached hydrogens (tertiary/aromatic N) is 4. The molecule has 27 heavy (non-hydrogen) atoms. The van der Waals surface area contributed by atoms with Crippen molar-refractivity contribution in [2.45, 2.75) is 51.7 Å². The molecule has 0 bridgehead atoms. The number of nitrogens with one attached hydrogen (secondary N) is 1. The second-order valence-corrected chi connectivity index (χ2v) is 8.97. The maximum Gasteiger partial charge on any atom is 0.251 e. The van der Waals surface area contributed by atoms with E-state index < -0.39 is 0 Å². The summed E-state index contributed by atoms with van der Waals surface area (Å²) in [6, 6.07) is 0. The highest BCUT2D eigenvalue weighted by molar-refractivity contribution is 7.09. The van der Waals surface area contributed by atoms with Crippen LogP contribution in [0.1, 0.15) is 44.3 Å². The number of thiazole rings is 1. The Morgan fingerprint density at radius 1 is 1.33 bits per heavy atom. The van der Waals surface area contributed by atoms with E-state index in [1.54, 1.807) is 18.4 Å². The van der Waals surface area contributed by atoms with Crippen molar-refractivity contribution >= 4 is 23.2 Å². The monoisotopic (exact) mass is 393 g/mol. The van der Waals surface area contributed by atoms with Crippen LogP contribution in [0.25, 0.3) is 0 Å². The Labute approximate surface area is 165 Å². The minimum absolute atomic E-state index is 0.0799. The van der Waals surface area contributed by atoms with Gasteiger partial charge in [0.15, 0.2) is 5.96 Å². The SMILES string of the molecule is CN=C(NCc1csc(C(C)(C)C)n1)N1CCN(C(=O)C2CCCO2)CC1. The molecule has 0 aromatic carbocycles. The van der Waals surface area contributed by atoms with Crippen LogP contribution < -0.4 is 5.32 Å². The smallest absolute Gasteiger partial charge is 0.251 e. The molecular weight excluding hydrogens is 362 g/mol. The predicted octanol–water partition coefficient (Wildman–Crippen LogP) is 1.84. The number of guanidine groups is 1. The summed E-state index contributed by atoms with van der Waals surface area (Å²) in [7, 11) is 1.80. The van der Waals surface area contributed by atoms with E-state index in [1.165, 1.54) is 0 Å². The third kappa shape index (κ3) is 4.99. The first-order chi connectivity index (χ1) is 12.9. The van der Waals surface area contributed by atoms with Crippen LogP contribution >= 0.6 is 11.3 Å². The number of piperazine rings is 1. The maximum absolute atomic E-state index is 12.5. The van der Waals surface area contributed by atoms with Crippen LogP contribution in [0, 0.1) is 0 Å². The third-order valence-electron chi connectivity index (χ3n) is 4.93. The lowest BCUT2D eigenvalue weighted by atomic mass is 9.98. The van der Waals surface area contributed by atoms with Gasteiger partial charge in [0.05, 0.1) is 17.2 Å². The molecule has 8 heteroatoms. The number of hydrogen-bond donors (Lipinski definition) is 1. The highest BCUT2D eigenvalue weighted by Crippen LogP contribution is 2.25. The number of aliphatic imine (C=N–C) groups is 1. The Bertz CT molecular complexity index is 668. The first-order valence-electron chi connectivity index (χ1n) is 9.69. The molecule has 3 rings (SSSR count). The maximum atomic E-state index is 12.5. The molecule has 7 nitrogen and oxygen atoms in total. The Balaban J connectivity index is 1.49. The number of ether oxygens (including phenoxy) is 1. The summed E-state index contributed by atoms with van der Waals surface area (Å²) in [6.07, 6.45) is 1.61. The molecule has 1 aromatic heterocycles. The first-order valence-corrected chi connectivity index (χ1v) is 10.6. The highest BCUT2D eigenvalue weighted by Gasteiger charge is 2.31. The molecule has 0 saturated carbocycles. The predicted molar refractivity (Wildman–Crippen MR) is 108 cm³/mol. The zero-order chi connectivity index (χ0) is 19.4. The fourth-order valence-corrected chi connectivity index (χ4v) is 4.26. The zero-order valence-corrected chi connectivity index (χ0v) is 17.6. The van der Waals surface area contributed by atoms with Crippen molar-refractivity contribution in [1.82, 2.24) is 20.1 Å². The third-order valence-corrected chi connectivity index (χ3v) is 6.25. The molecule has 0 aliphatic carbocycles. The minimum atomic E-state index is -0.226. The van der Waals surface area contributed by atoms with Gasteiger partial charge in [0.1, 0.15) is 6.10 Å². The molecule has 0 radical (unpaired) electrons. The number of carbonyl (C=O) groups is 1. The number of aromatic nitrogens is 1. The second kappa shape index (κ2) is 8.56. The van der Waals surface area contributed by atoms with Crippen molar-refractivity contribution in [2.75, 3.05) is 39.8 Å². The van der Waals surface area contributed by atoms with E-state index in [2.05, 4.69) is 41.4 Å². The lowest BCUT2D eigenvalue weighted by molar-refractivity contribution is -0.142. The van der Waals surface area contributed by atoms with Gasteiger partial charge in [0, 0.05) is 50.6 Å². The van der Waals surface area contributed by atoms with Gasteiger partial charge in [-0.05, 0) is 12.8 Å². The summed E-state index contributed by atoms with van der Waals surface area (Å²) in [6.45, 7) is 10.9. The Kier molecular flexibility index (Phi) is 6.37. The molecule has 1 aromatic rings. The Hall–Kier alpha value is -1.67. The molecular formula is C19H31N5O2S. The zero-order valence-electron chi connectivity index (χ0n) is 16.8. The van der Waals surface area contributed by atoms with Gasteiger partial charge in [-0.25, -0.2) is 4.98 Å². The number of amides is 1. The van der Waals surface area contributed by atoms with Crippen LogP contribution in [0.2, 0.25) is 0 Å². The summed E-state index contributed by atoms with van der Waals surface area (Å²) >= 11 is 1.71. The highest BCUT2D eigenvalue weighted by atomic mass is 32.1. The molecule has 1 unspecified atom stereocenters. The standard InChI is InChI=1S/C19H31N5O2S/c1-19(2,3)17-22-14(13-27-17)12-21-18(20-4)24-9-7-23(8-10-24)16(25)15-6-5-11-26-15/h13,15H,5-12H2,1-4H3,(H,20,21). The van der Waals surface area contributed by atoms with Crippen molar-refractivity contribution in [3.05, 3.63) is 16.1 Å². The molecule has 1 atom stereocenters. The number of hydrogen-bond acceptors (Lipinski definition) is 5. The van der Waals surface area contributed by atoms with Gasteiger partial charge in [0.25, 0.3) is 5.91 Å². The minimum Gasteiger partial charge on any atom is -0.368 e. The Morgan fingerprint density at radius 2 is 2.04 bits per heavy atom. The molecule has 2 aliphatic rings. The van der Waals surface area contributed by atoms with Crippen LogP contribution in [0.15, 0.2) is 10.4 Å². The van der Waals surface area contributed by atoms with E-state index in [9.17, 15) is 4.79 Å². The number of rotatable bonds is 3. The van der Waals surface area contributed by atoms with Gasteiger partial charge in [0.2, 0.25) is 0 Å². The van der Waals surface area contributed by atoms with Gasteiger partial charge in [-0.1, -0.05) is 20.8 Å².